The van der Waals surface area contributed by atoms with Crippen molar-refractivity contribution in [3.05, 3.63) is 42.0 Å². The molecule has 2 aromatic carbocycles. The zero-order chi connectivity index (χ0) is 20.1. The number of sulfonamides is 1. The summed E-state index contributed by atoms with van der Waals surface area (Å²) in [6.07, 6.45) is 0.760. The van der Waals surface area contributed by atoms with Crippen LogP contribution in [0.4, 0.5) is 0 Å². The van der Waals surface area contributed by atoms with Crippen LogP contribution in [0, 0.1) is 0 Å². The summed E-state index contributed by atoms with van der Waals surface area (Å²) in [4.78, 5) is 0.164. The number of hydrogen-bond acceptors (Lipinski definition) is 6. The number of fused-ring (bicyclic) bond motifs is 1. The van der Waals surface area contributed by atoms with Crippen LogP contribution in [0.1, 0.15) is 18.9 Å². The third-order valence-electron chi connectivity index (χ3n) is 4.36. The van der Waals surface area contributed by atoms with Crippen LogP contribution in [0.25, 0.3) is 0 Å². The highest BCUT2D eigenvalue weighted by atomic mass is 32.2. The maximum absolute atomic E-state index is 13.0. The smallest absolute Gasteiger partial charge is 0.243 e. The van der Waals surface area contributed by atoms with Crippen molar-refractivity contribution >= 4 is 10.0 Å². The summed E-state index contributed by atoms with van der Waals surface area (Å²) in [5, 5.41) is 0. The summed E-state index contributed by atoms with van der Waals surface area (Å²) in [5.41, 5.74) is 0.792. The summed E-state index contributed by atoms with van der Waals surface area (Å²) in [7, 11) is -0.598. The molecule has 0 saturated heterocycles. The minimum Gasteiger partial charge on any atom is -0.493 e. The average molecular weight is 407 g/mol. The fraction of sp³-hybridized carbons (Fsp3) is 0.400. The van der Waals surface area contributed by atoms with Gasteiger partial charge >= 0.3 is 0 Å². The molecule has 7 nitrogen and oxygen atoms in total. The predicted molar refractivity (Wildman–Crippen MR) is 105 cm³/mol. The van der Waals surface area contributed by atoms with Crippen molar-refractivity contribution in [3.8, 4) is 23.0 Å². The van der Waals surface area contributed by atoms with Gasteiger partial charge in [0.2, 0.25) is 10.0 Å². The maximum Gasteiger partial charge on any atom is 0.243 e. The van der Waals surface area contributed by atoms with E-state index in [9.17, 15) is 8.42 Å². The molecule has 1 heterocycles. The summed E-state index contributed by atoms with van der Waals surface area (Å²) < 4.78 is 49.3. The number of benzene rings is 2. The number of ether oxygens (including phenoxy) is 4. The second-order valence-electron chi connectivity index (χ2n) is 6.34. The Bertz CT molecular complexity index is 928. The molecule has 3 rings (SSSR count). The molecular formula is C20H25NO6S. The monoisotopic (exact) mass is 407 g/mol. The molecule has 0 unspecified atom stereocenters. The molecule has 0 radical (unpaired) electrons. The molecule has 0 amide bonds. The SMILES string of the molecule is CCOc1ccc(CN(C)S(=O)(=O)c2ccc3c(c2)OCCCO3)cc1OC. The number of hydrogen-bond donors (Lipinski definition) is 0. The Morgan fingerprint density at radius 2 is 1.79 bits per heavy atom. The van der Waals surface area contributed by atoms with Gasteiger partial charge in [-0.15, -0.1) is 0 Å². The Morgan fingerprint density at radius 3 is 2.50 bits per heavy atom. The number of rotatable bonds is 7. The van der Waals surface area contributed by atoms with Gasteiger partial charge in [-0.3, -0.25) is 0 Å². The molecule has 0 aliphatic carbocycles. The lowest BCUT2D eigenvalue weighted by Crippen LogP contribution is -2.26. The van der Waals surface area contributed by atoms with Gasteiger partial charge in [0.1, 0.15) is 0 Å². The first kappa shape index (κ1) is 20.3. The molecule has 0 aromatic heterocycles. The first-order chi connectivity index (χ1) is 13.5. The van der Waals surface area contributed by atoms with E-state index in [1.54, 1.807) is 32.4 Å². The van der Waals surface area contributed by atoms with E-state index in [1.807, 2.05) is 13.0 Å². The van der Waals surface area contributed by atoms with E-state index < -0.39 is 10.0 Å². The average Bonchev–Trinajstić information content (AvgIpc) is 2.94. The van der Waals surface area contributed by atoms with E-state index in [0.29, 0.717) is 42.8 Å². The van der Waals surface area contributed by atoms with E-state index in [1.165, 1.54) is 16.4 Å². The lowest BCUT2D eigenvalue weighted by Gasteiger charge is -2.19. The molecule has 0 N–H and O–H groups in total. The number of nitrogens with zero attached hydrogens (tertiary/aromatic N) is 1. The van der Waals surface area contributed by atoms with Crippen molar-refractivity contribution in [2.45, 2.75) is 24.8 Å². The zero-order valence-electron chi connectivity index (χ0n) is 16.3. The lowest BCUT2D eigenvalue weighted by molar-refractivity contribution is 0.297. The van der Waals surface area contributed by atoms with E-state index in [-0.39, 0.29) is 11.4 Å². The third kappa shape index (κ3) is 4.34. The Kier molecular flexibility index (Phi) is 6.31. The molecule has 1 aliphatic heterocycles. The highest BCUT2D eigenvalue weighted by Gasteiger charge is 2.24. The van der Waals surface area contributed by atoms with Gasteiger partial charge in [-0.1, -0.05) is 6.07 Å². The topological polar surface area (TPSA) is 74.3 Å². The standard InChI is InChI=1S/C20H25NO6S/c1-4-25-17-8-6-15(12-19(17)24-3)14-21(2)28(22,23)16-7-9-18-20(13-16)27-11-5-10-26-18/h6-9,12-13H,4-5,10-11,14H2,1-3H3. The fourth-order valence-electron chi connectivity index (χ4n) is 2.91. The molecule has 0 bridgehead atoms. The zero-order valence-corrected chi connectivity index (χ0v) is 17.1. The fourth-order valence-corrected chi connectivity index (χ4v) is 4.09. The second kappa shape index (κ2) is 8.70. The highest BCUT2D eigenvalue weighted by Crippen LogP contribution is 2.33. The Hall–Kier alpha value is -2.45. The first-order valence-electron chi connectivity index (χ1n) is 9.11. The van der Waals surface area contributed by atoms with Crippen LogP contribution < -0.4 is 18.9 Å². The number of methoxy groups -OCH3 is 1. The highest BCUT2D eigenvalue weighted by molar-refractivity contribution is 7.89. The van der Waals surface area contributed by atoms with E-state index in [4.69, 9.17) is 18.9 Å². The summed E-state index contributed by atoms with van der Waals surface area (Å²) >= 11 is 0. The quantitative estimate of drug-likeness (QED) is 0.702. The molecule has 0 saturated carbocycles. The van der Waals surface area contributed by atoms with Crippen molar-refractivity contribution in [1.82, 2.24) is 4.31 Å². The summed E-state index contributed by atoms with van der Waals surface area (Å²) in [6.45, 7) is 3.66. The third-order valence-corrected chi connectivity index (χ3v) is 6.16. The second-order valence-corrected chi connectivity index (χ2v) is 8.38. The molecule has 8 heteroatoms. The van der Waals surface area contributed by atoms with Crippen LogP contribution in [-0.4, -0.2) is 46.7 Å². The van der Waals surface area contributed by atoms with Gasteiger partial charge < -0.3 is 18.9 Å². The largest absolute Gasteiger partial charge is 0.493 e. The minimum atomic E-state index is -3.70. The molecule has 0 atom stereocenters. The first-order valence-corrected chi connectivity index (χ1v) is 10.6. The van der Waals surface area contributed by atoms with E-state index in [2.05, 4.69) is 0 Å². The van der Waals surface area contributed by atoms with Gasteiger partial charge in [0.25, 0.3) is 0 Å². The van der Waals surface area contributed by atoms with Crippen molar-refractivity contribution < 1.29 is 27.4 Å². The molecule has 28 heavy (non-hydrogen) atoms. The van der Waals surface area contributed by atoms with Gasteiger partial charge in [-0.2, -0.15) is 4.31 Å². The van der Waals surface area contributed by atoms with Crippen molar-refractivity contribution in [1.29, 1.82) is 0 Å². The maximum atomic E-state index is 13.0. The van der Waals surface area contributed by atoms with E-state index >= 15 is 0 Å². The van der Waals surface area contributed by atoms with Crippen molar-refractivity contribution in [3.63, 3.8) is 0 Å². The molecule has 0 fully saturated rings. The Morgan fingerprint density at radius 1 is 1.04 bits per heavy atom. The molecule has 2 aromatic rings. The van der Waals surface area contributed by atoms with Crippen LogP contribution in [-0.2, 0) is 16.6 Å². The summed E-state index contributed by atoms with van der Waals surface area (Å²) in [5.74, 6) is 2.22. The van der Waals surface area contributed by atoms with Crippen LogP contribution in [0.3, 0.4) is 0 Å². The molecule has 152 valence electrons. The van der Waals surface area contributed by atoms with Gasteiger partial charge in [0.15, 0.2) is 23.0 Å². The van der Waals surface area contributed by atoms with Crippen molar-refractivity contribution in [2.24, 2.45) is 0 Å². The Labute approximate surface area is 165 Å². The summed E-state index contributed by atoms with van der Waals surface area (Å²) in [6, 6.07) is 10.1. The van der Waals surface area contributed by atoms with Crippen LogP contribution in [0.2, 0.25) is 0 Å². The van der Waals surface area contributed by atoms with Crippen molar-refractivity contribution in [2.75, 3.05) is 34.0 Å². The molecule has 1 aliphatic rings. The normalized spacial score (nSPS) is 13.9. The van der Waals surface area contributed by atoms with Crippen LogP contribution >= 0.6 is 0 Å². The van der Waals surface area contributed by atoms with Crippen LogP contribution in [0.5, 0.6) is 23.0 Å². The van der Waals surface area contributed by atoms with Crippen LogP contribution in [0.15, 0.2) is 41.3 Å². The van der Waals surface area contributed by atoms with Gasteiger partial charge in [0, 0.05) is 26.1 Å². The van der Waals surface area contributed by atoms with Gasteiger partial charge in [-0.05, 0) is 36.8 Å². The van der Waals surface area contributed by atoms with Gasteiger partial charge in [-0.25, -0.2) is 8.42 Å². The molecule has 0 spiro atoms. The predicted octanol–water partition coefficient (Wildman–Crippen LogP) is 3.08. The molecular weight excluding hydrogens is 382 g/mol. The minimum absolute atomic E-state index is 0.164. The van der Waals surface area contributed by atoms with E-state index in [0.717, 1.165) is 12.0 Å². The lowest BCUT2D eigenvalue weighted by atomic mass is 10.2. The van der Waals surface area contributed by atoms with Gasteiger partial charge in [0.05, 0.1) is 31.8 Å². The Balaban J connectivity index is 1.81.